The molecule has 0 aromatic carbocycles. The molecule has 1 aromatic rings. The van der Waals surface area contributed by atoms with Gasteiger partial charge in [-0.05, 0) is 18.1 Å². The largest absolute Gasteiger partial charge is 0.374 e. The van der Waals surface area contributed by atoms with Gasteiger partial charge in [0.25, 0.3) is 0 Å². The minimum atomic E-state index is -0.282. The number of nitrogens with zero attached hydrogens (tertiary/aromatic N) is 1. The Morgan fingerprint density at radius 1 is 1.64 bits per heavy atom. The number of carbonyl (C=O) groups is 1. The zero-order valence-electron chi connectivity index (χ0n) is 8.56. The molecule has 3 nitrogen and oxygen atoms in total. The Labute approximate surface area is 84.1 Å². The van der Waals surface area contributed by atoms with Gasteiger partial charge in [0.05, 0.1) is 0 Å². The number of ether oxygens (including phenoxy) is 1. The van der Waals surface area contributed by atoms with E-state index < -0.39 is 0 Å². The summed E-state index contributed by atoms with van der Waals surface area (Å²) >= 11 is 0. The Morgan fingerprint density at radius 2 is 2.43 bits per heavy atom. The van der Waals surface area contributed by atoms with E-state index in [4.69, 9.17) is 4.74 Å². The molecule has 0 spiro atoms. The van der Waals surface area contributed by atoms with Gasteiger partial charge in [-0.3, -0.25) is 9.78 Å². The molecule has 76 valence electrons. The van der Waals surface area contributed by atoms with Gasteiger partial charge in [-0.1, -0.05) is 13.0 Å². The molecular formula is C11H15NO2. The second-order valence-corrected chi connectivity index (χ2v) is 3.14. The van der Waals surface area contributed by atoms with E-state index in [0.717, 1.165) is 12.0 Å². The van der Waals surface area contributed by atoms with E-state index in [2.05, 4.69) is 4.98 Å². The van der Waals surface area contributed by atoms with Crippen LogP contribution in [0.2, 0.25) is 0 Å². The van der Waals surface area contributed by atoms with Gasteiger partial charge in [0.15, 0.2) is 5.78 Å². The van der Waals surface area contributed by atoms with Crippen molar-refractivity contribution in [1.29, 1.82) is 0 Å². The van der Waals surface area contributed by atoms with E-state index in [0.29, 0.717) is 6.42 Å². The zero-order chi connectivity index (χ0) is 10.4. The third kappa shape index (κ3) is 2.92. The van der Waals surface area contributed by atoms with Crippen LogP contribution in [-0.4, -0.2) is 24.0 Å². The normalized spacial score (nSPS) is 12.4. The Kier molecular flexibility index (Phi) is 4.26. The second-order valence-electron chi connectivity index (χ2n) is 3.14. The third-order valence-electron chi connectivity index (χ3n) is 2.12. The molecule has 0 aliphatic carbocycles. The van der Waals surface area contributed by atoms with Gasteiger partial charge in [-0.25, -0.2) is 0 Å². The molecule has 1 atom stereocenters. The van der Waals surface area contributed by atoms with Gasteiger partial charge in [-0.15, -0.1) is 0 Å². The van der Waals surface area contributed by atoms with E-state index in [1.165, 1.54) is 0 Å². The zero-order valence-corrected chi connectivity index (χ0v) is 8.56. The number of rotatable bonds is 5. The molecule has 0 fully saturated rings. The first-order valence-corrected chi connectivity index (χ1v) is 4.72. The molecule has 3 heteroatoms. The van der Waals surface area contributed by atoms with Crippen molar-refractivity contribution in [2.75, 3.05) is 7.11 Å². The van der Waals surface area contributed by atoms with Crippen LogP contribution < -0.4 is 0 Å². The van der Waals surface area contributed by atoms with Crippen molar-refractivity contribution >= 4 is 5.78 Å². The highest BCUT2D eigenvalue weighted by atomic mass is 16.5. The first kappa shape index (κ1) is 10.9. The van der Waals surface area contributed by atoms with Crippen molar-refractivity contribution in [3.05, 3.63) is 30.1 Å². The Bertz CT molecular complexity index is 281. The maximum absolute atomic E-state index is 11.6. The number of Topliss-reactive ketones (excluding diaryl/α,β-unsaturated/α-hetero) is 1. The smallest absolute Gasteiger partial charge is 0.165 e. The summed E-state index contributed by atoms with van der Waals surface area (Å²) in [5, 5.41) is 0. The highest BCUT2D eigenvalue weighted by Crippen LogP contribution is 2.04. The minimum Gasteiger partial charge on any atom is -0.374 e. The SMILES string of the molecule is CCC(OC)C(=O)Cc1cccnc1. The molecule has 0 amide bonds. The summed E-state index contributed by atoms with van der Waals surface area (Å²) in [7, 11) is 1.56. The predicted octanol–water partition coefficient (Wildman–Crippen LogP) is 1.62. The van der Waals surface area contributed by atoms with E-state index in [1.807, 2.05) is 19.1 Å². The minimum absolute atomic E-state index is 0.114. The van der Waals surface area contributed by atoms with Crippen LogP contribution in [0, 0.1) is 0 Å². The fourth-order valence-electron chi connectivity index (χ4n) is 1.34. The van der Waals surface area contributed by atoms with Crippen LogP contribution in [0.4, 0.5) is 0 Å². The van der Waals surface area contributed by atoms with Crippen molar-refractivity contribution in [3.8, 4) is 0 Å². The van der Waals surface area contributed by atoms with Crippen molar-refractivity contribution < 1.29 is 9.53 Å². The van der Waals surface area contributed by atoms with Crippen LogP contribution in [0.5, 0.6) is 0 Å². The molecule has 14 heavy (non-hydrogen) atoms. The van der Waals surface area contributed by atoms with E-state index in [1.54, 1.807) is 19.5 Å². The van der Waals surface area contributed by atoms with Crippen LogP contribution in [0.3, 0.4) is 0 Å². The number of aromatic nitrogens is 1. The molecule has 1 rings (SSSR count). The Morgan fingerprint density at radius 3 is 2.93 bits per heavy atom. The van der Waals surface area contributed by atoms with Gasteiger partial charge in [0, 0.05) is 25.9 Å². The van der Waals surface area contributed by atoms with Gasteiger partial charge >= 0.3 is 0 Å². The van der Waals surface area contributed by atoms with Crippen molar-refractivity contribution in [2.45, 2.75) is 25.9 Å². The molecule has 0 radical (unpaired) electrons. The highest BCUT2D eigenvalue weighted by Gasteiger charge is 2.15. The number of hydrogen-bond acceptors (Lipinski definition) is 3. The van der Waals surface area contributed by atoms with Crippen molar-refractivity contribution in [2.24, 2.45) is 0 Å². The average molecular weight is 193 g/mol. The molecule has 0 aliphatic rings. The third-order valence-corrected chi connectivity index (χ3v) is 2.12. The molecule has 0 saturated heterocycles. The number of hydrogen-bond donors (Lipinski definition) is 0. The van der Waals surface area contributed by atoms with Crippen molar-refractivity contribution in [3.63, 3.8) is 0 Å². The summed E-state index contributed by atoms with van der Waals surface area (Å²) in [5.41, 5.74) is 0.938. The van der Waals surface area contributed by atoms with Gasteiger partial charge in [0.1, 0.15) is 6.10 Å². The van der Waals surface area contributed by atoms with Crippen LogP contribution in [-0.2, 0) is 16.0 Å². The number of carbonyl (C=O) groups excluding carboxylic acids is 1. The van der Waals surface area contributed by atoms with E-state index in [-0.39, 0.29) is 11.9 Å². The standard InChI is InChI=1S/C11H15NO2/c1-3-11(14-2)10(13)7-9-5-4-6-12-8-9/h4-6,8,11H,3,7H2,1-2H3. The molecule has 1 aromatic heterocycles. The molecule has 0 aliphatic heterocycles. The lowest BCUT2D eigenvalue weighted by molar-refractivity contribution is -0.128. The predicted molar refractivity (Wildman–Crippen MR) is 54.0 cm³/mol. The van der Waals surface area contributed by atoms with E-state index in [9.17, 15) is 4.79 Å². The van der Waals surface area contributed by atoms with Gasteiger partial charge in [0.2, 0.25) is 0 Å². The summed E-state index contributed by atoms with van der Waals surface area (Å²) < 4.78 is 5.06. The van der Waals surface area contributed by atoms with Crippen LogP contribution in [0.25, 0.3) is 0 Å². The highest BCUT2D eigenvalue weighted by molar-refractivity contribution is 5.85. The molecular weight excluding hydrogens is 178 g/mol. The lowest BCUT2D eigenvalue weighted by Crippen LogP contribution is -2.23. The van der Waals surface area contributed by atoms with Crippen LogP contribution in [0.1, 0.15) is 18.9 Å². The van der Waals surface area contributed by atoms with Crippen LogP contribution >= 0.6 is 0 Å². The molecule has 0 saturated carbocycles. The number of methoxy groups -OCH3 is 1. The lowest BCUT2D eigenvalue weighted by atomic mass is 10.1. The number of pyridine rings is 1. The molecule has 1 unspecified atom stereocenters. The van der Waals surface area contributed by atoms with Gasteiger partial charge < -0.3 is 4.74 Å². The monoisotopic (exact) mass is 193 g/mol. The second kappa shape index (κ2) is 5.50. The first-order chi connectivity index (χ1) is 6.77. The van der Waals surface area contributed by atoms with E-state index >= 15 is 0 Å². The molecule has 0 bridgehead atoms. The fourth-order valence-corrected chi connectivity index (χ4v) is 1.34. The summed E-state index contributed by atoms with van der Waals surface area (Å²) in [4.78, 5) is 15.6. The lowest BCUT2D eigenvalue weighted by Gasteiger charge is -2.10. The topological polar surface area (TPSA) is 39.2 Å². The summed E-state index contributed by atoms with van der Waals surface area (Å²) in [6.07, 6.45) is 4.24. The Balaban J connectivity index is 2.57. The molecule has 1 heterocycles. The summed E-state index contributed by atoms with van der Waals surface area (Å²) in [6.45, 7) is 1.94. The summed E-state index contributed by atoms with van der Waals surface area (Å²) in [5.74, 6) is 0.114. The van der Waals surface area contributed by atoms with Crippen LogP contribution in [0.15, 0.2) is 24.5 Å². The summed E-state index contributed by atoms with van der Waals surface area (Å²) in [6, 6.07) is 3.73. The maximum atomic E-state index is 11.6. The Hall–Kier alpha value is -1.22. The quantitative estimate of drug-likeness (QED) is 0.713. The van der Waals surface area contributed by atoms with Gasteiger partial charge in [-0.2, -0.15) is 0 Å². The average Bonchev–Trinajstić information content (AvgIpc) is 2.21. The maximum Gasteiger partial charge on any atom is 0.165 e. The fraction of sp³-hybridized carbons (Fsp3) is 0.455. The molecule has 0 N–H and O–H groups in total. The number of ketones is 1. The van der Waals surface area contributed by atoms with Crippen molar-refractivity contribution in [1.82, 2.24) is 4.98 Å². The first-order valence-electron chi connectivity index (χ1n) is 4.72.